The molecule has 1 amide bonds. The van der Waals surface area contributed by atoms with Gasteiger partial charge in [0.05, 0.1) is 0 Å². The van der Waals surface area contributed by atoms with E-state index >= 15 is 0 Å². The normalized spacial score (nSPS) is 19.6. The lowest BCUT2D eigenvalue weighted by Crippen LogP contribution is -2.57. The van der Waals surface area contributed by atoms with Crippen LogP contribution >= 0.6 is 0 Å². The number of hydrazone groups is 1. The van der Waals surface area contributed by atoms with Crippen LogP contribution in [0.1, 0.15) is 38.3 Å². The van der Waals surface area contributed by atoms with Gasteiger partial charge in [-0.25, -0.2) is 0 Å². The van der Waals surface area contributed by atoms with Gasteiger partial charge in [0, 0.05) is 17.5 Å². The van der Waals surface area contributed by atoms with Gasteiger partial charge in [-0.15, -0.1) is 0 Å². The van der Waals surface area contributed by atoms with Crippen molar-refractivity contribution in [2.24, 2.45) is 5.10 Å². The quantitative estimate of drug-likeness (QED) is 0.787. The number of benzene rings is 2. The zero-order valence-electron chi connectivity index (χ0n) is 16.9. The smallest absolute Gasteiger partial charge is 0.438 e. The van der Waals surface area contributed by atoms with Crippen LogP contribution in [-0.2, 0) is 10.2 Å². The molecule has 1 aliphatic heterocycles. The van der Waals surface area contributed by atoms with Crippen molar-refractivity contribution in [1.29, 1.82) is 0 Å². The molecule has 0 saturated carbocycles. The van der Waals surface area contributed by atoms with Crippen LogP contribution in [0.5, 0.6) is 5.75 Å². The van der Waals surface area contributed by atoms with Crippen LogP contribution in [0.4, 0.5) is 13.2 Å². The number of amides is 1. The third-order valence-corrected chi connectivity index (χ3v) is 5.25. The fourth-order valence-electron chi connectivity index (χ4n) is 3.40. The lowest BCUT2D eigenvalue weighted by Gasteiger charge is -2.32. The average molecular weight is 420 g/mol. The minimum Gasteiger partial charge on any atom is -0.484 e. The third-order valence-electron chi connectivity index (χ3n) is 5.25. The van der Waals surface area contributed by atoms with E-state index in [-0.39, 0.29) is 16.1 Å². The lowest BCUT2D eigenvalue weighted by molar-refractivity contribution is -0.302. The van der Waals surface area contributed by atoms with Crippen LogP contribution in [0.25, 0.3) is 0 Å². The molecule has 0 saturated heterocycles. The van der Waals surface area contributed by atoms with E-state index in [4.69, 9.17) is 4.74 Å². The van der Waals surface area contributed by atoms with Gasteiger partial charge in [0.25, 0.3) is 11.6 Å². The van der Waals surface area contributed by atoms with Gasteiger partial charge in [0.2, 0.25) is 0 Å². The predicted octanol–water partition coefficient (Wildman–Crippen LogP) is 4.25. The number of nitrogens with zero attached hydrogens (tertiary/aromatic N) is 2. The number of carbonyl (C=O) groups is 1. The Morgan fingerprint density at radius 3 is 2.23 bits per heavy atom. The molecule has 0 aromatic heterocycles. The molecule has 1 heterocycles. The van der Waals surface area contributed by atoms with Crippen LogP contribution in [-0.4, -0.2) is 40.2 Å². The summed E-state index contributed by atoms with van der Waals surface area (Å²) in [6.07, 6.45) is -5.82. The largest absolute Gasteiger partial charge is 0.484 e. The standard InChI is InChI=1S/C22H23F3N2O3/c1-15-13-21(29,22(23,24)25)27(26-15)19(28)14-30-18-11-9-17(10-12-18)20(2,3)16-7-5-4-6-8-16/h4-12,29H,13-14H2,1-3H3/t21-/m0/s1. The highest BCUT2D eigenvalue weighted by atomic mass is 19.4. The van der Waals surface area contributed by atoms with Crippen LogP contribution in [0.2, 0.25) is 0 Å². The van der Waals surface area contributed by atoms with E-state index < -0.39 is 30.8 Å². The first kappa shape index (κ1) is 21.8. The highest BCUT2D eigenvalue weighted by Gasteiger charge is 2.62. The summed E-state index contributed by atoms with van der Waals surface area (Å²) >= 11 is 0. The lowest BCUT2D eigenvalue weighted by atomic mass is 9.78. The summed E-state index contributed by atoms with van der Waals surface area (Å²) in [7, 11) is 0. The molecule has 160 valence electrons. The summed E-state index contributed by atoms with van der Waals surface area (Å²) in [6.45, 7) is 4.79. The number of halogens is 3. The fourth-order valence-corrected chi connectivity index (χ4v) is 3.40. The highest BCUT2D eigenvalue weighted by molar-refractivity contribution is 5.89. The van der Waals surface area contributed by atoms with Crippen molar-refractivity contribution in [3.8, 4) is 5.75 Å². The topological polar surface area (TPSA) is 62.1 Å². The van der Waals surface area contributed by atoms with Gasteiger partial charge >= 0.3 is 6.18 Å². The second-order valence-corrected chi connectivity index (χ2v) is 7.84. The van der Waals surface area contributed by atoms with Gasteiger partial charge in [-0.1, -0.05) is 56.3 Å². The summed E-state index contributed by atoms with van der Waals surface area (Å²) in [5.41, 5.74) is -1.46. The molecule has 0 unspecified atom stereocenters. The number of hydrogen-bond acceptors (Lipinski definition) is 4. The Hall–Kier alpha value is -2.87. The van der Waals surface area contributed by atoms with Gasteiger partial charge in [0.1, 0.15) is 5.75 Å². The number of carbonyl (C=O) groups excluding carboxylic acids is 1. The molecule has 0 bridgehead atoms. The Labute approximate surface area is 172 Å². The van der Waals surface area contributed by atoms with E-state index in [9.17, 15) is 23.1 Å². The summed E-state index contributed by atoms with van der Waals surface area (Å²) < 4.78 is 45.0. The van der Waals surface area contributed by atoms with Crippen LogP contribution in [0.15, 0.2) is 59.7 Å². The van der Waals surface area contributed by atoms with Crippen molar-refractivity contribution in [1.82, 2.24) is 5.01 Å². The first-order valence-electron chi connectivity index (χ1n) is 9.40. The molecule has 1 N–H and O–H groups in total. The van der Waals surface area contributed by atoms with Gasteiger partial charge in [-0.3, -0.25) is 4.79 Å². The number of hydrogen-bond donors (Lipinski definition) is 1. The molecule has 30 heavy (non-hydrogen) atoms. The van der Waals surface area contributed by atoms with Gasteiger partial charge in [-0.05, 0) is 30.2 Å². The molecule has 0 fully saturated rings. The van der Waals surface area contributed by atoms with Crippen LogP contribution in [0, 0.1) is 0 Å². The van der Waals surface area contributed by atoms with Crippen LogP contribution < -0.4 is 4.74 Å². The highest BCUT2D eigenvalue weighted by Crippen LogP contribution is 2.40. The molecule has 5 nitrogen and oxygen atoms in total. The maximum atomic E-state index is 13.2. The van der Waals surface area contributed by atoms with E-state index in [1.54, 1.807) is 12.1 Å². The SMILES string of the molecule is CC1=NN(C(=O)COc2ccc(C(C)(C)c3ccccc3)cc2)[C@@](O)(C(F)(F)F)C1. The number of ether oxygens (including phenoxy) is 1. The van der Waals surface area contributed by atoms with Gasteiger partial charge < -0.3 is 9.84 Å². The first-order valence-corrected chi connectivity index (χ1v) is 9.40. The predicted molar refractivity (Wildman–Crippen MR) is 106 cm³/mol. The van der Waals surface area contributed by atoms with Crippen LogP contribution in [0.3, 0.4) is 0 Å². The Balaban J connectivity index is 1.69. The zero-order valence-corrected chi connectivity index (χ0v) is 16.9. The second-order valence-electron chi connectivity index (χ2n) is 7.84. The molecule has 0 aliphatic carbocycles. The van der Waals surface area contributed by atoms with E-state index in [0.29, 0.717) is 5.75 Å². The van der Waals surface area contributed by atoms with Crippen molar-refractivity contribution < 1.29 is 27.8 Å². The fraction of sp³-hybridized carbons (Fsp3) is 0.364. The Morgan fingerprint density at radius 2 is 1.67 bits per heavy atom. The number of aliphatic hydroxyl groups is 1. The molecule has 1 atom stereocenters. The molecule has 2 aromatic carbocycles. The molecule has 2 aromatic rings. The monoisotopic (exact) mass is 420 g/mol. The number of rotatable bonds is 5. The van der Waals surface area contributed by atoms with Crippen molar-refractivity contribution in [2.75, 3.05) is 6.61 Å². The zero-order chi connectivity index (χ0) is 22.2. The van der Waals surface area contributed by atoms with E-state index in [2.05, 4.69) is 18.9 Å². The molecule has 3 rings (SSSR count). The summed E-state index contributed by atoms with van der Waals surface area (Å²) in [5.74, 6) is -0.758. The van der Waals surface area contributed by atoms with E-state index in [0.717, 1.165) is 11.1 Å². The maximum absolute atomic E-state index is 13.2. The van der Waals surface area contributed by atoms with E-state index in [1.807, 2.05) is 42.5 Å². The Bertz CT molecular complexity index is 940. The van der Waals surface area contributed by atoms with Gasteiger partial charge in [0.15, 0.2) is 6.61 Å². The minimum atomic E-state index is -5.03. The van der Waals surface area contributed by atoms with Gasteiger partial charge in [-0.2, -0.15) is 23.3 Å². The summed E-state index contributed by atoms with van der Waals surface area (Å²) in [5, 5.41) is 13.6. The molecule has 0 spiro atoms. The second kappa shape index (κ2) is 7.75. The number of alkyl halides is 3. The molecule has 0 radical (unpaired) electrons. The van der Waals surface area contributed by atoms with Crippen molar-refractivity contribution >= 4 is 11.6 Å². The van der Waals surface area contributed by atoms with Crippen molar-refractivity contribution in [2.45, 2.75) is 44.5 Å². The van der Waals surface area contributed by atoms with Crippen molar-refractivity contribution in [3.63, 3.8) is 0 Å². The molecular formula is C22H23F3N2O3. The first-order chi connectivity index (χ1) is 13.9. The average Bonchev–Trinajstić information content (AvgIpc) is 3.02. The Morgan fingerprint density at radius 1 is 1.10 bits per heavy atom. The van der Waals surface area contributed by atoms with E-state index in [1.165, 1.54) is 6.92 Å². The van der Waals surface area contributed by atoms with Crippen molar-refractivity contribution in [3.05, 3.63) is 65.7 Å². The molecule has 8 heteroatoms. The molecular weight excluding hydrogens is 397 g/mol. The Kier molecular flexibility index (Phi) is 5.64. The summed E-state index contributed by atoms with van der Waals surface area (Å²) in [6, 6.07) is 16.9. The molecule has 1 aliphatic rings. The summed E-state index contributed by atoms with van der Waals surface area (Å²) in [4.78, 5) is 12.3. The minimum absolute atomic E-state index is 0.00988. The maximum Gasteiger partial charge on any atom is 0.438 e. The third kappa shape index (κ3) is 4.05.